The topological polar surface area (TPSA) is 29.5 Å². The third-order valence-electron chi connectivity index (χ3n) is 10.3. The molecule has 3 nitrogen and oxygen atoms in total. The van der Waals surface area contributed by atoms with E-state index in [1.54, 1.807) is 0 Å². The molecule has 0 aliphatic carbocycles. The summed E-state index contributed by atoms with van der Waals surface area (Å²) in [4.78, 5) is 2.37. The molecule has 0 saturated heterocycles. The third kappa shape index (κ3) is 4.38. The molecule has 0 saturated carbocycles. The first-order chi connectivity index (χ1) is 25.8. The number of hydrogen-bond donors (Lipinski definition) is 0. The van der Waals surface area contributed by atoms with Crippen LogP contribution in [0.5, 0.6) is 0 Å². The van der Waals surface area contributed by atoms with Crippen molar-refractivity contribution in [1.29, 1.82) is 0 Å². The van der Waals surface area contributed by atoms with Crippen LogP contribution in [-0.2, 0) is 0 Å². The maximum Gasteiger partial charge on any atom is 0.145 e. The maximum atomic E-state index is 7.06. The van der Waals surface area contributed by atoms with Crippen LogP contribution in [0, 0.1) is 0 Å². The van der Waals surface area contributed by atoms with Crippen molar-refractivity contribution in [1.82, 2.24) is 0 Å². The number of anilines is 3. The third-order valence-corrected chi connectivity index (χ3v) is 11.5. The Morgan fingerprint density at radius 1 is 0.404 bits per heavy atom. The van der Waals surface area contributed by atoms with Gasteiger partial charge in [0.25, 0.3) is 0 Å². The molecule has 0 unspecified atom stereocenters. The molecule has 0 amide bonds. The van der Waals surface area contributed by atoms with Gasteiger partial charge in [0.1, 0.15) is 22.3 Å². The first kappa shape index (κ1) is 29.1. The molecule has 244 valence electrons. The molecule has 0 fully saturated rings. The number of nitrogens with zero attached hydrogens (tertiary/aromatic N) is 1. The van der Waals surface area contributed by atoms with Gasteiger partial charge in [-0.3, -0.25) is 0 Å². The van der Waals surface area contributed by atoms with Crippen LogP contribution in [0.25, 0.3) is 86.3 Å². The quantitative estimate of drug-likeness (QED) is 0.181. The Morgan fingerprint density at radius 3 is 1.87 bits per heavy atom. The second kappa shape index (κ2) is 11.5. The summed E-state index contributed by atoms with van der Waals surface area (Å²) in [5.74, 6) is 0. The van der Waals surface area contributed by atoms with Gasteiger partial charge in [-0.05, 0) is 71.8 Å². The zero-order valence-corrected chi connectivity index (χ0v) is 28.7. The number of thiophene rings is 1. The highest BCUT2D eigenvalue weighted by molar-refractivity contribution is 7.26. The number of para-hydroxylation sites is 2. The van der Waals surface area contributed by atoms with Crippen LogP contribution in [0.2, 0.25) is 0 Å². The highest BCUT2D eigenvalue weighted by Crippen LogP contribution is 2.51. The molecule has 0 atom stereocenters. The summed E-state index contributed by atoms with van der Waals surface area (Å²) in [5.41, 5.74) is 11.2. The summed E-state index contributed by atoms with van der Waals surface area (Å²) in [6.07, 6.45) is 0. The monoisotopic (exact) mass is 683 g/mol. The zero-order chi connectivity index (χ0) is 34.2. The normalized spacial score (nSPS) is 11.8. The summed E-state index contributed by atoms with van der Waals surface area (Å²) >= 11 is 1.84. The molecule has 0 aliphatic heterocycles. The van der Waals surface area contributed by atoms with Crippen LogP contribution in [-0.4, -0.2) is 0 Å². The smallest absolute Gasteiger partial charge is 0.145 e. The minimum Gasteiger partial charge on any atom is -0.456 e. The second-order valence-corrected chi connectivity index (χ2v) is 14.3. The van der Waals surface area contributed by atoms with Gasteiger partial charge >= 0.3 is 0 Å². The Morgan fingerprint density at radius 2 is 1.04 bits per heavy atom. The summed E-state index contributed by atoms with van der Waals surface area (Å²) in [5, 5.41) is 6.84. The second-order valence-electron chi connectivity index (χ2n) is 13.2. The summed E-state index contributed by atoms with van der Waals surface area (Å²) in [7, 11) is 0. The van der Waals surface area contributed by atoms with Crippen LogP contribution in [0.3, 0.4) is 0 Å². The van der Waals surface area contributed by atoms with E-state index in [4.69, 9.17) is 8.83 Å². The van der Waals surface area contributed by atoms with E-state index in [2.05, 4.69) is 163 Å². The lowest BCUT2D eigenvalue weighted by atomic mass is 9.96. The fourth-order valence-corrected chi connectivity index (χ4v) is 9.19. The Labute approximate surface area is 303 Å². The molecule has 0 aliphatic rings. The lowest BCUT2D eigenvalue weighted by Gasteiger charge is -2.28. The zero-order valence-electron chi connectivity index (χ0n) is 27.9. The minimum absolute atomic E-state index is 0.842. The van der Waals surface area contributed by atoms with E-state index in [1.165, 1.54) is 31.3 Å². The summed E-state index contributed by atoms with van der Waals surface area (Å²) < 4.78 is 15.9. The van der Waals surface area contributed by atoms with E-state index in [1.807, 2.05) is 29.5 Å². The molecule has 3 aromatic heterocycles. The molecule has 0 radical (unpaired) electrons. The van der Waals surface area contributed by atoms with Crippen molar-refractivity contribution in [2.75, 3.05) is 4.90 Å². The summed E-state index contributed by atoms with van der Waals surface area (Å²) in [6.45, 7) is 0. The van der Waals surface area contributed by atoms with Crippen molar-refractivity contribution in [3.63, 3.8) is 0 Å². The van der Waals surface area contributed by atoms with Crippen molar-refractivity contribution in [2.24, 2.45) is 0 Å². The first-order valence-electron chi connectivity index (χ1n) is 17.5. The predicted octanol–water partition coefficient (Wildman–Crippen LogP) is 14.7. The van der Waals surface area contributed by atoms with E-state index < -0.39 is 0 Å². The predicted molar refractivity (Wildman–Crippen MR) is 219 cm³/mol. The van der Waals surface area contributed by atoms with Gasteiger partial charge in [0.2, 0.25) is 0 Å². The molecule has 11 rings (SSSR count). The van der Waals surface area contributed by atoms with Gasteiger partial charge in [-0.15, -0.1) is 11.3 Å². The van der Waals surface area contributed by atoms with Gasteiger partial charge in [0.15, 0.2) is 0 Å². The molecule has 0 bridgehead atoms. The highest BCUT2D eigenvalue weighted by Gasteiger charge is 2.26. The average molecular weight is 684 g/mol. The van der Waals surface area contributed by atoms with Gasteiger partial charge in [-0.25, -0.2) is 0 Å². The van der Waals surface area contributed by atoms with Crippen LogP contribution in [0.4, 0.5) is 17.1 Å². The van der Waals surface area contributed by atoms with E-state index in [-0.39, 0.29) is 0 Å². The minimum atomic E-state index is 0.842. The van der Waals surface area contributed by atoms with Crippen molar-refractivity contribution in [3.05, 3.63) is 176 Å². The standard InChI is InChI=1S/C48H29NO2S/c1-3-12-30(13-4-1)31-22-24-33(25-23-31)49(32-14-5-2-6-15-32)39-27-26-37-46-42(29-28-41-45(46)36-17-7-9-20-40(36)50-41)51-47(37)44(39)38-19-11-18-35-34-16-8-10-21-43(34)52-48(35)38/h1-29H. The molecule has 11 aromatic rings. The molecular formula is C48H29NO2S. The van der Waals surface area contributed by atoms with Gasteiger partial charge in [0.05, 0.1) is 11.3 Å². The van der Waals surface area contributed by atoms with E-state index >= 15 is 0 Å². The van der Waals surface area contributed by atoms with Gasteiger partial charge in [0, 0.05) is 58.7 Å². The number of rotatable bonds is 5. The summed E-state index contributed by atoms with van der Waals surface area (Å²) in [6, 6.07) is 62.3. The Bertz CT molecular complexity index is 3120. The van der Waals surface area contributed by atoms with Crippen molar-refractivity contribution in [2.45, 2.75) is 0 Å². The number of furan rings is 2. The SMILES string of the molecule is c1ccc(-c2ccc(N(c3ccccc3)c3ccc4c(oc5ccc6oc7ccccc7c6c54)c3-c3cccc4c3sc3ccccc34)cc2)cc1. The maximum absolute atomic E-state index is 7.06. The van der Waals surface area contributed by atoms with Crippen LogP contribution in [0.1, 0.15) is 0 Å². The Kier molecular flexibility index (Phi) is 6.42. The Balaban J connectivity index is 1.25. The van der Waals surface area contributed by atoms with Gasteiger partial charge in [-0.1, -0.05) is 115 Å². The molecule has 0 N–H and O–H groups in total. The fraction of sp³-hybridized carbons (Fsp3) is 0. The lowest BCUT2D eigenvalue weighted by Crippen LogP contribution is -2.11. The van der Waals surface area contributed by atoms with E-state index in [9.17, 15) is 0 Å². The number of hydrogen-bond acceptors (Lipinski definition) is 4. The van der Waals surface area contributed by atoms with Crippen LogP contribution < -0.4 is 4.90 Å². The van der Waals surface area contributed by atoms with E-state index in [0.717, 1.165) is 72.1 Å². The van der Waals surface area contributed by atoms with Gasteiger partial charge < -0.3 is 13.7 Å². The molecule has 4 heteroatoms. The van der Waals surface area contributed by atoms with Crippen molar-refractivity contribution >= 4 is 92.4 Å². The lowest BCUT2D eigenvalue weighted by molar-refractivity contribution is 0.663. The van der Waals surface area contributed by atoms with Crippen LogP contribution >= 0.6 is 11.3 Å². The number of fused-ring (bicyclic) bond motifs is 10. The van der Waals surface area contributed by atoms with E-state index in [0.29, 0.717) is 0 Å². The molecule has 52 heavy (non-hydrogen) atoms. The van der Waals surface area contributed by atoms with Crippen molar-refractivity contribution < 1.29 is 8.83 Å². The molecule has 3 heterocycles. The highest BCUT2D eigenvalue weighted by atomic mass is 32.1. The molecule has 0 spiro atoms. The Hall–Kier alpha value is -6.62. The largest absolute Gasteiger partial charge is 0.456 e. The van der Waals surface area contributed by atoms with Crippen molar-refractivity contribution in [3.8, 4) is 22.3 Å². The molecular weight excluding hydrogens is 655 g/mol. The first-order valence-corrected chi connectivity index (χ1v) is 18.3. The van der Waals surface area contributed by atoms with Crippen LogP contribution in [0.15, 0.2) is 185 Å². The average Bonchev–Trinajstić information content (AvgIpc) is 3.90. The fourth-order valence-electron chi connectivity index (χ4n) is 7.96. The number of benzene rings is 8. The molecule has 8 aromatic carbocycles. The van der Waals surface area contributed by atoms with Gasteiger partial charge in [-0.2, -0.15) is 0 Å².